The van der Waals surface area contributed by atoms with Gasteiger partial charge in [0.2, 0.25) is 0 Å². The van der Waals surface area contributed by atoms with E-state index in [4.69, 9.17) is 10.2 Å². The van der Waals surface area contributed by atoms with E-state index in [1.54, 1.807) is 6.92 Å². The van der Waals surface area contributed by atoms with E-state index in [9.17, 15) is 9.59 Å². The van der Waals surface area contributed by atoms with Crippen LogP contribution < -0.4 is 0 Å². The summed E-state index contributed by atoms with van der Waals surface area (Å²) in [4.78, 5) is 21.7. The Bertz CT molecular complexity index is 216. The maximum absolute atomic E-state index is 10.8. The predicted molar refractivity (Wildman–Crippen MR) is 65.2 cm³/mol. The van der Waals surface area contributed by atoms with Gasteiger partial charge in [0.05, 0.1) is 0 Å². The molecule has 4 nitrogen and oxygen atoms in total. The Morgan fingerprint density at radius 2 is 1.56 bits per heavy atom. The SMILES string of the molecule is CCCC(CC)C(C)C(C(=O)O)C(=O)O.[CaH2]. The molecule has 2 unspecified atom stereocenters. The second-order valence-electron chi connectivity index (χ2n) is 3.97. The van der Waals surface area contributed by atoms with Crippen LogP contribution in [0.5, 0.6) is 0 Å². The molecule has 0 aromatic heterocycles. The molecule has 0 saturated heterocycles. The predicted octanol–water partition coefficient (Wildman–Crippen LogP) is 1.32. The van der Waals surface area contributed by atoms with Gasteiger partial charge in [0.25, 0.3) is 0 Å². The molecule has 5 heteroatoms. The van der Waals surface area contributed by atoms with Crippen molar-refractivity contribution in [3.05, 3.63) is 0 Å². The number of hydrogen-bond donors (Lipinski definition) is 2. The summed E-state index contributed by atoms with van der Waals surface area (Å²) >= 11 is 0. The van der Waals surface area contributed by atoms with Gasteiger partial charge < -0.3 is 10.2 Å². The number of carboxylic acid groups (broad SMARTS) is 2. The van der Waals surface area contributed by atoms with Crippen LogP contribution in [0.2, 0.25) is 0 Å². The fourth-order valence-electron chi connectivity index (χ4n) is 2.04. The van der Waals surface area contributed by atoms with Gasteiger partial charge in [-0.1, -0.05) is 40.0 Å². The van der Waals surface area contributed by atoms with Crippen molar-refractivity contribution in [3.63, 3.8) is 0 Å². The molecule has 0 amide bonds. The van der Waals surface area contributed by atoms with Crippen LogP contribution in [0.3, 0.4) is 0 Å². The van der Waals surface area contributed by atoms with Crippen molar-refractivity contribution < 1.29 is 19.8 Å². The molecule has 0 aromatic carbocycles. The van der Waals surface area contributed by atoms with E-state index < -0.39 is 17.9 Å². The van der Waals surface area contributed by atoms with Crippen LogP contribution in [-0.4, -0.2) is 59.9 Å². The zero-order valence-corrected chi connectivity index (χ0v) is 9.56. The second kappa shape index (κ2) is 9.25. The van der Waals surface area contributed by atoms with E-state index in [-0.39, 0.29) is 49.6 Å². The maximum atomic E-state index is 10.8. The van der Waals surface area contributed by atoms with Crippen molar-refractivity contribution >= 4 is 49.7 Å². The molecule has 2 N–H and O–H groups in total. The van der Waals surface area contributed by atoms with Crippen LogP contribution in [-0.2, 0) is 9.59 Å². The van der Waals surface area contributed by atoms with Crippen molar-refractivity contribution in [2.24, 2.45) is 17.8 Å². The Morgan fingerprint density at radius 1 is 1.12 bits per heavy atom. The molecule has 0 spiro atoms. The summed E-state index contributed by atoms with van der Waals surface area (Å²) in [5.41, 5.74) is 0. The van der Waals surface area contributed by atoms with Gasteiger partial charge in [-0.25, -0.2) is 0 Å². The summed E-state index contributed by atoms with van der Waals surface area (Å²) in [5.74, 6) is -3.88. The normalized spacial score (nSPS) is 14.0. The Kier molecular flexibility index (Phi) is 10.7. The number of carbonyl (C=O) groups is 2. The van der Waals surface area contributed by atoms with Crippen molar-refractivity contribution in [3.8, 4) is 0 Å². The fraction of sp³-hybridized carbons (Fsp3) is 0.818. The topological polar surface area (TPSA) is 74.6 Å². The number of carboxylic acids is 2. The average Bonchev–Trinajstić information content (AvgIpc) is 2.12. The van der Waals surface area contributed by atoms with Crippen LogP contribution in [0, 0.1) is 17.8 Å². The van der Waals surface area contributed by atoms with Gasteiger partial charge in [-0.2, -0.15) is 0 Å². The van der Waals surface area contributed by atoms with Crippen LogP contribution in [0.4, 0.5) is 0 Å². The molecule has 0 saturated carbocycles. The van der Waals surface area contributed by atoms with Gasteiger partial charge in [0.15, 0.2) is 5.92 Å². The molecule has 0 rings (SSSR count). The zero-order valence-electron chi connectivity index (χ0n) is 9.56. The Morgan fingerprint density at radius 3 is 1.81 bits per heavy atom. The molecule has 0 aliphatic rings. The first kappa shape index (κ1) is 18.6. The summed E-state index contributed by atoms with van der Waals surface area (Å²) < 4.78 is 0. The third kappa shape index (κ3) is 5.50. The average molecular weight is 258 g/mol. The third-order valence-electron chi connectivity index (χ3n) is 2.99. The molecule has 16 heavy (non-hydrogen) atoms. The number of rotatable bonds is 7. The van der Waals surface area contributed by atoms with Gasteiger partial charge >= 0.3 is 49.7 Å². The van der Waals surface area contributed by atoms with E-state index in [2.05, 4.69) is 0 Å². The van der Waals surface area contributed by atoms with Gasteiger partial charge in [-0.3, -0.25) is 9.59 Å². The fourth-order valence-corrected chi connectivity index (χ4v) is 2.04. The third-order valence-corrected chi connectivity index (χ3v) is 2.99. The molecule has 2 atom stereocenters. The van der Waals surface area contributed by atoms with E-state index in [0.717, 1.165) is 19.3 Å². The Balaban J connectivity index is 0. The molecule has 0 bridgehead atoms. The van der Waals surface area contributed by atoms with Crippen LogP contribution in [0.25, 0.3) is 0 Å². The summed E-state index contributed by atoms with van der Waals surface area (Å²) in [7, 11) is 0. The summed E-state index contributed by atoms with van der Waals surface area (Å²) in [5, 5.41) is 17.7. The standard InChI is InChI=1S/C11H20O4.Ca.2H/c1-4-6-8(5-2)7(3)9(10(12)13)11(14)15;;;/h7-9H,4-6H2,1-3H3,(H,12,13)(H,14,15);;;. The summed E-state index contributed by atoms with van der Waals surface area (Å²) in [6, 6.07) is 0. The van der Waals surface area contributed by atoms with Crippen LogP contribution >= 0.6 is 0 Å². The van der Waals surface area contributed by atoms with Gasteiger partial charge in [-0.15, -0.1) is 0 Å². The summed E-state index contributed by atoms with van der Waals surface area (Å²) in [6.45, 7) is 5.71. The minimum atomic E-state index is -1.28. The van der Waals surface area contributed by atoms with Gasteiger partial charge in [0.1, 0.15) is 0 Å². The van der Waals surface area contributed by atoms with E-state index >= 15 is 0 Å². The number of hydrogen-bond acceptors (Lipinski definition) is 2. The second-order valence-corrected chi connectivity index (χ2v) is 3.97. The molecular formula is C11H22CaO4. The van der Waals surface area contributed by atoms with Gasteiger partial charge in [0, 0.05) is 0 Å². The molecule has 0 heterocycles. The van der Waals surface area contributed by atoms with E-state index in [1.165, 1.54) is 0 Å². The summed E-state index contributed by atoms with van der Waals surface area (Å²) in [6.07, 6.45) is 2.66. The molecule has 0 radical (unpaired) electrons. The van der Waals surface area contributed by atoms with E-state index in [1.807, 2.05) is 13.8 Å². The minimum absolute atomic E-state index is 0. The monoisotopic (exact) mass is 258 g/mol. The first-order valence-corrected chi connectivity index (χ1v) is 5.41. The van der Waals surface area contributed by atoms with Crippen LogP contribution in [0.15, 0.2) is 0 Å². The molecular weight excluding hydrogens is 236 g/mol. The van der Waals surface area contributed by atoms with Crippen LogP contribution in [0.1, 0.15) is 40.0 Å². The zero-order chi connectivity index (χ0) is 12.0. The Hall–Kier alpha value is 0.200. The first-order chi connectivity index (χ1) is 6.95. The first-order valence-electron chi connectivity index (χ1n) is 5.41. The van der Waals surface area contributed by atoms with E-state index in [0.29, 0.717) is 0 Å². The molecule has 0 aromatic rings. The quantitative estimate of drug-likeness (QED) is 0.533. The van der Waals surface area contributed by atoms with Gasteiger partial charge in [-0.05, 0) is 11.8 Å². The molecule has 0 fully saturated rings. The Labute approximate surface area is 126 Å². The molecule has 0 aliphatic heterocycles. The molecule has 0 aliphatic carbocycles. The van der Waals surface area contributed by atoms with Crippen molar-refractivity contribution in [1.82, 2.24) is 0 Å². The van der Waals surface area contributed by atoms with Crippen molar-refractivity contribution in [2.45, 2.75) is 40.0 Å². The number of aliphatic carboxylic acids is 2. The van der Waals surface area contributed by atoms with Crippen molar-refractivity contribution in [1.29, 1.82) is 0 Å². The molecule has 92 valence electrons. The van der Waals surface area contributed by atoms with Crippen molar-refractivity contribution in [2.75, 3.05) is 0 Å².